The van der Waals surface area contributed by atoms with E-state index >= 15 is 0 Å². The summed E-state index contributed by atoms with van der Waals surface area (Å²) in [5.74, 6) is 0.944. The van der Waals surface area contributed by atoms with Gasteiger partial charge in [-0.15, -0.1) is 0 Å². The summed E-state index contributed by atoms with van der Waals surface area (Å²) in [6, 6.07) is 1.97. The van der Waals surface area contributed by atoms with Gasteiger partial charge in [-0.05, 0) is 37.8 Å². The Labute approximate surface area is 103 Å². The third-order valence-corrected chi connectivity index (χ3v) is 2.56. The maximum absolute atomic E-state index is 11.2. The Bertz CT molecular complexity index is 397. The maximum Gasteiger partial charge on any atom is 0.138 e. The molecule has 3 nitrogen and oxygen atoms in total. The first kappa shape index (κ1) is 13.7. The van der Waals surface area contributed by atoms with Crippen LogP contribution in [0.3, 0.4) is 0 Å². The van der Waals surface area contributed by atoms with Gasteiger partial charge in [0.05, 0.1) is 12.3 Å². The molecule has 0 radical (unpaired) electrons. The normalized spacial score (nSPS) is 11.6. The summed E-state index contributed by atoms with van der Waals surface area (Å²) in [6.45, 7) is 9.67. The third-order valence-electron chi connectivity index (χ3n) is 2.56. The summed E-state index contributed by atoms with van der Waals surface area (Å²) in [5, 5.41) is 0. The molecule has 94 valence electrons. The SMILES string of the molecule is CC(=O)CC(C)(C)c1cncc(OC(C)C)c1. The molecule has 0 bridgehead atoms. The standard InChI is InChI=1S/C14H21NO2/c1-10(2)17-13-6-12(8-15-9-13)14(4,5)7-11(3)16/h6,8-10H,7H2,1-5H3. The number of pyridine rings is 1. The lowest BCUT2D eigenvalue weighted by Gasteiger charge is -2.24. The number of Topliss-reactive ketones (excluding diaryl/α,β-unsaturated/α-hetero) is 1. The van der Waals surface area contributed by atoms with E-state index in [1.54, 1.807) is 19.3 Å². The van der Waals surface area contributed by atoms with E-state index in [4.69, 9.17) is 4.74 Å². The van der Waals surface area contributed by atoms with Crippen molar-refractivity contribution in [3.8, 4) is 5.75 Å². The van der Waals surface area contributed by atoms with Crippen molar-refractivity contribution in [1.29, 1.82) is 0 Å². The Kier molecular flexibility index (Phi) is 4.27. The fourth-order valence-corrected chi connectivity index (χ4v) is 1.85. The molecule has 0 aromatic carbocycles. The molecule has 0 atom stereocenters. The number of carbonyl (C=O) groups is 1. The van der Waals surface area contributed by atoms with Gasteiger partial charge in [0.15, 0.2) is 0 Å². The van der Waals surface area contributed by atoms with Crippen LogP contribution < -0.4 is 4.74 Å². The van der Waals surface area contributed by atoms with E-state index in [1.807, 2.05) is 33.8 Å². The summed E-state index contributed by atoms with van der Waals surface area (Å²) < 4.78 is 5.61. The van der Waals surface area contributed by atoms with Gasteiger partial charge in [-0.3, -0.25) is 9.78 Å². The Morgan fingerprint density at radius 1 is 1.41 bits per heavy atom. The fourth-order valence-electron chi connectivity index (χ4n) is 1.85. The summed E-state index contributed by atoms with van der Waals surface area (Å²) in [6.07, 6.45) is 4.14. The monoisotopic (exact) mass is 235 g/mol. The van der Waals surface area contributed by atoms with Crippen molar-refractivity contribution < 1.29 is 9.53 Å². The molecule has 0 aliphatic carbocycles. The molecule has 0 spiro atoms. The minimum Gasteiger partial charge on any atom is -0.489 e. The van der Waals surface area contributed by atoms with Crippen molar-refractivity contribution in [2.75, 3.05) is 0 Å². The predicted octanol–water partition coefficient (Wildman–Crippen LogP) is 3.13. The summed E-state index contributed by atoms with van der Waals surface area (Å²) in [4.78, 5) is 15.4. The van der Waals surface area contributed by atoms with Gasteiger partial charge in [0, 0.05) is 12.6 Å². The van der Waals surface area contributed by atoms with Gasteiger partial charge in [-0.25, -0.2) is 0 Å². The van der Waals surface area contributed by atoms with E-state index < -0.39 is 0 Å². The quantitative estimate of drug-likeness (QED) is 0.787. The highest BCUT2D eigenvalue weighted by Gasteiger charge is 2.23. The van der Waals surface area contributed by atoms with Crippen molar-refractivity contribution in [2.45, 2.75) is 52.6 Å². The number of carbonyl (C=O) groups excluding carboxylic acids is 1. The van der Waals surface area contributed by atoms with Crippen LogP contribution in [-0.4, -0.2) is 16.9 Å². The van der Waals surface area contributed by atoms with Gasteiger partial charge >= 0.3 is 0 Å². The Balaban J connectivity index is 2.94. The number of aromatic nitrogens is 1. The number of hydrogen-bond acceptors (Lipinski definition) is 3. The number of rotatable bonds is 5. The van der Waals surface area contributed by atoms with E-state index in [2.05, 4.69) is 4.98 Å². The molecule has 0 saturated heterocycles. The molecule has 1 rings (SSSR count). The Hall–Kier alpha value is -1.38. The largest absolute Gasteiger partial charge is 0.489 e. The maximum atomic E-state index is 11.2. The Morgan fingerprint density at radius 3 is 2.59 bits per heavy atom. The van der Waals surface area contributed by atoms with E-state index in [-0.39, 0.29) is 17.3 Å². The number of nitrogens with zero attached hydrogens (tertiary/aromatic N) is 1. The van der Waals surface area contributed by atoms with Crippen LogP contribution in [0.4, 0.5) is 0 Å². The minimum atomic E-state index is -0.199. The van der Waals surface area contributed by atoms with Gasteiger partial charge in [0.25, 0.3) is 0 Å². The zero-order valence-electron chi connectivity index (χ0n) is 11.3. The van der Waals surface area contributed by atoms with Crippen molar-refractivity contribution in [3.63, 3.8) is 0 Å². The molecular weight excluding hydrogens is 214 g/mol. The van der Waals surface area contributed by atoms with Crippen LogP contribution in [0.1, 0.15) is 46.6 Å². The second-order valence-corrected chi connectivity index (χ2v) is 5.34. The van der Waals surface area contributed by atoms with Crippen LogP contribution in [0.5, 0.6) is 5.75 Å². The molecule has 0 aliphatic heterocycles. The van der Waals surface area contributed by atoms with Crippen LogP contribution in [0.25, 0.3) is 0 Å². The molecule has 0 unspecified atom stereocenters. The van der Waals surface area contributed by atoms with Crippen LogP contribution >= 0.6 is 0 Å². The summed E-state index contributed by atoms with van der Waals surface area (Å²) in [7, 11) is 0. The van der Waals surface area contributed by atoms with Crippen LogP contribution in [-0.2, 0) is 10.2 Å². The summed E-state index contributed by atoms with van der Waals surface area (Å²) >= 11 is 0. The Morgan fingerprint density at radius 2 is 2.06 bits per heavy atom. The molecule has 17 heavy (non-hydrogen) atoms. The zero-order chi connectivity index (χ0) is 13.1. The van der Waals surface area contributed by atoms with Gasteiger partial charge in [-0.2, -0.15) is 0 Å². The van der Waals surface area contributed by atoms with E-state index in [0.717, 1.165) is 11.3 Å². The number of hydrogen-bond donors (Lipinski definition) is 0. The first-order valence-electron chi connectivity index (χ1n) is 5.93. The predicted molar refractivity (Wildman–Crippen MR) is 68.3 cm³/mol. The highest BCUT2D eigenvalue weighted by Crippen LogP contribution is 2.29. The first-order valence-corrected chi connectivity index (χ1v) is 5.93. The highest BCUT2D eigenvalue weighted by molar-refractivity contribution is 5.77. The lowest BCUT2D eigenvalue weighted by molar-refractivity contribution is -0.118. The van der Waals surface area contributed by atoms with E-state index in [0.29, 0.717) is 6.42 Å². The van der Waals surface area contributed by atoms with E-state index in [9.17, 15) is 4.79 Å². The van der Waals surface area contributed by atoms with Crippen LogP contribution in [0.2, 0.25) is 0 Å². The smallest absolute Gasteiger partial charge is 0.138 e. The van der Waals surface area contributed by atoms with Gasteiger partial charge in [0.1, 0.15) is 11.5 Å². The van der Waals surface area contributed by atoms with E-state index in [1.165, 1.54) is 0 Å². The van der Waals surface area contributed by atoms with Crippen LogP contribution in [0.15, 0.2) is 18.5 Å². The molecule has 0 N–H and O–H groups in total. The zero-order valence-corrected chi connectivity index (χ0v) is 11.3. The summed E-state index contributed by atoms with van der Waals surface area (Å²) in [5.41, 5.74) is 0.834. The second kappa shape index (κ2) is 5.30. The van der Waals surface area contributed by atoms with Crippen molar-refractivity contribution in [2.24, 2.45) is 0 Å². The molecule has 0 fully saturated rings. The van der Waals surface area contributed by atoms with Gasteiger partial charge in [-0.1, -0.05) is 13.8 Å². The lowest BCUT2D eigenvalue weighted by Crippen LogP contribution is -2.21. The second-order valence-electron chi connectivity index (χ2n) is 5.34. The number of ether oxygens (including phenoxy) is 1. The van der Waals surface area contributed by atoms with Crippen molar-refractivity contribution in [3.05, 3.63) is 24.0 Å². The molecule has 1 aromatic rings. The molecule has 1 heterocycles. The third kappa shape index (κ3) is 4.17. The fraction of sp³-hybridized carbons (Fsp3) is 0.571. The average Bonchev–Trinajstić information content (AvgIpc) is 2.15. The molecule has 1 aromatic heterocycles. The molecule has 0 amide bonds. The molecule has 0 aliphatic rings. The van der Waals surface area contributed by atoms with Crippen LogP contribution in [0, 0.1) is 0 Å². The topological polar surface area (TPSA) is 39.2 Å². The number of ketones is 1. The van der Waals surface area contributed by atoms with Crippen molar-refractivity contribution >= 4 is 5.78 Å². The molecular formula is C14H21NO2. The lowest BCUT2D eigenvalue weighted by atomic mass is 9.81. The average molecular weight is 235 g/mol. The molecule has 0 saturated carbocycles. The highest BCUT2D eigenvalue weighted by atomic mass is 16.5. The molecule has 3 heteroatoms. The van der Waals surface area contributed by atoms with Gasteiger partial charge < -0.3 is 4.74 Å². The first-order chi connectivity index (χ1) is 7.81. The van der Waals surface area contributed by atoms with Gasteiger partial charge in [0.2, 0.25) is 0 Å². The van der Waals surface area contributed by atoms with Crippen molar-refractivity contribution in [1.82, 2.24) is 4.98 Å². The minimum absolute atomic E-state index is 0.128.